The second-order valence-electron chi connectivity index (χ2n) is 6.60. The van der Waals surface area contributed by atoms with Crippen LogP contribution in [-0.2, 0) is 16.1 Å². The quantitative estimate of drug-likeness (QED) is 0.873. The van der Waals surface area contributed by atoms with Crippen LogP contribution in [0, 0.1) is 23.7 Å². The average Bonchev–Trinajstić information content (AvgIpc) is 3.12. The lowest BCUT2D eigenvalue weighted by Crippen LogP contribution is -2.43. The maximum absolute atomic E-state index is 12.7. The Labute approximate surface area is 117 Å². The molecule has 0 unspecified atom stereocenters. The molecule has 20 heavy (non-hydrogen) atoms. The zero-order chi connectivity index (χ0) is 13.4. The predicted molar refractivity (Wildman–Crippen MR) is 70.2 cm³/mol. The standard InChI is InChI=1S/C16H17NO3/c18-13-9-6-10-12-11(9)15(19)17(16(12)20-14(10)13)7-8-4-2-1-3-5-8/h1-5,9-14,16,18H,6-7H2/t9-,10-,11-,12+,13-,14+,16-/m1/s1. The Morgan fingerprint density at radius 1 is 1.25 bits per heavy atom. The van der Waals surface area contributed by atoms with E-state index in [2.05, 4.69) is 0 Å². The number of fused-ring (bicyclic) bond motifs is 2. The molecule has 2 saturated carbocycles. The van der Waals surface area contributed by atoms with Crippen molar-refractivity contribution >= 4 is 5.91 Å². The van der Waals surface area contributed by atoms with Crippen molar-refractivity contribution in [1.82, 2.24) is 4.90 Å². The first-order valence-electron chi connectivity index (χ1n) is 7.43. The molecule has 0 spiro atoms. The molecule has 2 saturated heterocycles. The summed E-state index contributed by atoms with van der Waals surface area (Å²) in [6.07, 6.45) is 0.416. The van der Waals surface area contributed by atoms with E-state index in [4.69, 9.17) is 4.74 Å². The highest BCUT2D eigenvalue weighted by Crippen LogP contribution is 2.63. The molecule has 104 valence electrons. The van der Waals surface area contributed by atoms with E-state index in [9.17, 15) is 9.90 Å². The van der Waals surface area contributed by atoms with Crippen molar-refractivity contribution in [3.05, 3.63) is 35.9 Å². The summed E-state index contributed by atoms with van der Waals surface area (Å²) < 4.78 is 6.05. The zero-order valence-corrected chi connectivity index (χ0v) is 11.1. The van der Waals surface area contributed by atoms with E-state index in [0.29, 0.717) is 18.4 Å². The number of aliphatic hydroxyl groups excluding tert-OH is 1. The van der Waals surface area contributed by atoms with Gasteiger partial charge < -0.3 is 14.7 Å². The highest BCUT2D eigenvalue weighted by atomic mass is 16.5. The minimum Gasteiger partial charge on any atom is -0.390 e. The van der Waals surface area contributed by atoms with Gasteiger partial charge in [0.25, 0.3) is 0 Å². The number of rotatable bonds is 2. The number of ether oxygens (including phenoxy) is 1. The van der Waals surface area contributed by atoms with Gasteiger partial charge in [0.15, 0.2) is 0 Å². The molecule has 1 N–H and O–H groups in total. The molecule has 1 amide bonds. The van der Waals surface area contributed by atoms with Crippen LogP contribution in [0.15, 0.2) is 30.3 Å². The first-order valence-corrected chi connectivity index (χ1v) is 7.43. The van der Waals surface area contributed by atoms with Gasteiger partial charge in [-0.1, -0.05) is 30.3 Å². The number of amides is 1. The monoisotopic (exact) mass is 271 g/mol. The number of likely N-dealkylation sites (tertiary alicyclic amines) is 1. The minimum absolute atomic E-state index is 0.00228. The van der Waals surface area contributed by atoms with E-state index in [1.54, 1.807) is 0 Å². The molecule has 2 aliphatic heterocycles. The minimum atomic E-state index is -0.422. The highest BCUT2D eigenvalue weighted by molar-refractivity contribution is 5.83. The van der Waals surface area contributed by atoms with Crippen molar-refractivity contribution in [3.63, 3.8) is 0 Å². The van der Waals surface area contributed by atoms with Crippen LogP contribution in [0.3, 0.4) is 0 Å². The Kier molecular flexibility index (Phi) is 2.05. The number of hydrogen-bond donors (Lipinski definition) is 1. The maximum Gasteiger partial charge on any atom is 0.228 e. The van der Waals surface area contributed by atoms with Crippen LogP contribution in [0.25, 0.3) is 0 Å². The van der Waals surface area contributed by atoms with Crippen molar-refractivity contribution in [1.29, 1.82) is 0 Å². The second-order valence-corrected chi connectivity index (χ2v) is 6.60. The first kappa shape index (κ1) is 11.3. The van der Waals surface area contributed by atoms with E-state index in [1.807, 2.05) is 35.2 Å². The number of carbonyl (C=O) groups excluding carboxylic acids is 1. The molecule has 4 nitrogen and oxygen atoms in total. The summed E-state index contributed by atoms with van der Waals surface area (Å²) in [5.41, 5.74) is 1.14. The van der Waals surface area contributed by atoms with Crippen molar-refractivity contribution in [3.8, 4) is 0 Å². The fourth-order valence-electron chi connectivity index (χ4n) is 5.09. The molecule has 2 heterocycles. The van der Waals surface area contributed by atoms with E-state index in [0.717, 1.165) is 12.0 Å². The Hall–Kier alpha value is -1.39. The fraction of sp³-hybridized carbons (Fsp3) is 0.562. The van der Waals surface area contributed by atoms with Gasteiger partial charge >= 0.3 is 0 Å². The Bertz CT molecular complexity index is 574. The summed E-state index contributed by atoms with van der Waals surface area (Å²) in [5.74, 6) is 1.05. The normalized spacial score (nSPS) is 47.5. The molecule has 4 aliphatic rings. The highest BCUT2D eigenvalue weighted by Gasteiger charge is 2.72. The largest absolute Gasteiger partial charge is 0.390 e. The molecular formula is C16H17NO3. The second kappa shape index (κ2) is 3.62. The maximum atomic E-state index is 12.7. The van der Waals surface area contributed by atoms with E-state index in [-0.39, 0.29) is 30.1 Å². The zero-order valence-electron chi connectivity index (χ0n) is 11.1. The summed E-state index contributed by atoms with van der Waals surface area (Å²) >= 11 is 0. The van der Waals surface area contributed by atoms with Gasteiger partial charge in [-0.2, -0.15) is 0 Å². The number of hydrogen-bond acceptors (Lipinski definition) is 3. The summed E-state index contributed by atoms with van der Waals surface area (Å²) in [5, 5.41) is 10.2. The van der Waals surface area contributed by atoms with Gasteiger partial charge in [-0.15, -0.1) is 0 Å². The molecule has 7 atom stereocenters. The number of nitrogens with zero attached hydrogens (tertiary/aromatic N) is 1. The summed E-state index contributed by atoms with van der Waals surface area (Å²) in [6.45, 7) is 0.625. The molecule has 5 rings (SSSR count). The lowest BCUT2D eigenvalue weighted by molar-refractivity contribution is -0.152. The number of aliphatic hydroxyl groups is 1. The van der Waals surface area contributed by atoms with Crippen molar-refractivity contribution in [2.45, 2.75) is 31.4 Å². The lowest BCUT2D eigenvalue weighted by Gasteiger charge is -2.30. The van der Waals surface area contributed by atoms with Gasteiger partial charge in [0.1, 0.15) is 6.23 Å². The van der Waals surface area contributed by atoms with Gasteiger partial charge in [-0.05, 0) is 23.8 Å². The van der Waals surface area contributed by atoms with Crippen molar-refractivity contribution in [2.75, 3.05) is 0 Å². The van der Waals surface area contributed by atoms with Crippen molar-refractivity contribution in [2.24, 2.45) is 23.7 Å². The van der Waals surface area contributed by atoms with Gasteiger partial charge in [-0.25, -0.2) is 0 Å². The van der Waals surface area contributed by atoms with Gasteiger partial charge in [0.2, 0.25) is 5.91 Å². The molecule has 4 heteroatoms. The van der Waals surface area contributed by atoms with Crippen LogP contribution in [0.1, 0.15) is 12.0 Å². The molecule has 4 fully saturated rings. The fourth-order valence-corrected chi connectivity index (χ4v) is 5.09. The van der Waals surface area contributed by atoms with E-state index < -0.39 is 6.10 Å². The molecule has 2 aliphatic carbocycles. The summed E-state index contributed by atoms with van der Waals surface area (Å²) in [4.78, 5) is 14.6. The molecule has 0 aromatic heterocycles. The van der Waals surface area contributed by atoms with Crippen molar-refractivity contribution < 1.29 is 14.6 Å². The molecule has 1 aromatic rings. The Morgan fingerprint density at radius 3 is 2.85 bits per heavy atom. The molecule has 0 radical (unpaired) electrons. The van der Waals surface area contributed by atoms with E-state index >= 15 is 0 Å². The van der Waals surface area contributed by atoms with Gasteiger partial charge in [-0.3, -0.25) is 4.79 Å². The number of carbonyl (C=O) groups is 1. The summed E-state index contributed by atoms with van der Waals surface area (Å²) in [7, 11) is 0. The lowest BCUT2D eigenvalue weighted by atomic mass is 9.80. The number of benzene rings is 1. The van der Waals surface area contributed by atoms with Crippen LogP contribution >= 0.6 is 0 Å². The third-order valence-corrected chi connectivity index (χ3v) is 5.81. The third kappa shape index (κ3) is 1.18. The van der Waals surface area contributed by atoms with E-state index in [1.165, 1.54) is 0 Å². The average molecular weight is 271 g/mol. The Balaban J connectivity index is 1.49. The third-order valence-electron chi connectivity index (χ3n) is 5.81. The van der Waals surface area contributed by atoms with Crippen LogP contribution < -0.4 is 0 Å². The van der Waals surface area contributed by atoms with Gasteiger partial charge in [0, 0.05) is 12.5 Å². The Morgan fingerprint density at radius 2 is 2.05 bits per heavy atom. The smallest absolute Gasteiger partial charge is 0.228 e. The van der Waals surface area contributed by atoms with Crippen LogP contribution in [0.2, 0.25) is 0 Å². The van der Waals surface area contributed by atoms with Crippen LogP contribution in [0.4, 0.5) is 0 Å². The van der Waals surface area contributed by atoms with Gasteiger partial charge in [0.05, 0.1) is 18.1 Å². The van der Waals surface area contributed by atoms with Crippen LogP contribution in [-0.4, -0.2) is 34.3 Å². The SMILES string of the molecule is O=C1[C@@H]2[C@H]3C[C@H]4[C@H](O[C@H]([C@@H]42)N1Cc1ccccc1)[C@@H]3O. The first-order chi connectivity index (χ1) is 9.75. The summed E-state index contributed by atoms with van der Waals surface area (Å²) in [6, 6.07) is 10.1. The molecule has 1 aromatic carbocycles. The molecular weight excluding hydrogens is 254 g/mol. The predicted octanol–water partition coefficient (Wildman–Crippen LogP) is 0.997. The molecule has 2 bridgehead atoms. The topological polar surface area (TPSA) is 49.8 Å². The van der Waals surface area contributed by atoms with Crippen LogP contribution in [0.5, 0.6) is 0 Å².